The number of hydrogen-bond donors (Lipinski definition) is 2. The molecule has 1 heterocycles. The Kier molecular flexibility index (Phi) is 4.11. The highest BCUT2D eigenvalue weighted by Gasteiger charge is 2.22. The van der Waals surface area contributed by atoms with E-state index < -0.39 is 11.5 Å². The predicted octanol–water partition coefficient (Wildman–Crippen LogP) is 2.24. The zero-order valence-electron chi connectivity index (χ0n) is 12.7. The minimum atomic E-state index is -1.28. The molecule has 6 heteroatoms. The molecule has 0 aliphatic heterocycles. The summed E-state index contributed by atoms with van der Waals surface area (Å²) < 4.78 is 1.19. The summed E-state index contributed by atoms with van der Waals surface area (Å²) in [7, 11) is 0. The van der Waals surface area contributed by atoms with Crippen LogP contribution in [0.3, 0.4) is 0 Å². The van der Waals surface area contributed by atoms with Crippen LogP contribution in [0.1, 0.15) is 15.9 Å². The maximum absolute atomic E-state index is 12.4. The van der Waals surface area contributed by atoms with E-state index in [1.165, 1.54) is 4.68 Å². The summed E-state index contributed by atoms with van der Waals surface area (Å²) in [6.07, 6.45) is 0. The van der Waals surface area contributed by atoms with Gasteiger partial charge in [-0.2, -0.15) is 5.10 Å². The summed E-state index contributed by atoms with van der Waals surface area (Å²) >= 11 is 0. The molecule has 0 amide bonds. The summed E-state index contributed by atoms with van der Waals surface area (Å²) in [5, 5.41) is 13.7. The molecule has 0 aliphatic rings. The number of carboxylic acid groups (broad SMARTS) is 1. The fourth-order valence-electron chi connectivity index (χ4n) is 2.47. The minimum absolute atomic E-state index is 0.177. The highest BCUT2D eigenvalue weighted by Crippen LogP contribution is 2.23. The van der Waals surface area contributed by atoms with Crippen LogP contribution in [0.15, 0.2) is 65.5 Å². The highest BCUT2D eigenvalue weighted by molar-refractivity contribution is 5.99. The fourth-order valence-corrected chi connectivity index (χ4v) is 2.47. The number of carbonyl (C=O) groups is 1. The summed E-state index contributed by atoms with van der Waals surface area (Å²) in [5.74, 6) is -1.28. The number of benzene rings is 2. The third-order valence-corrected chi connectivity index (χ3v) is 3.63. The Balaban J connectivity index is 2.20. The van der Waals surface area contributed by atoms with Gasteiger partial charge in [0.2, 0.25) is 0 Å². The first-order valence-electron chi connectivity index (χ1n) is 7.31. The molecule has 3 aromatic rings. The van der Waals surface area contributed by atoms with Crippen LogP contribution in [0.25, 0.3) is 11.3 Å². The van der Waals surface area contributed by atoms with Crippen LogP contribution in [0.2, 0.25) is 0 Å². The lowest BCUT2D eigenvalue weighted by Crippen LogP contribution is -2.29. The van der Waals surface area contributed by atoms with Crippen molar-refractivity contribution in [1.29, 1.82) is 0 Å². The third-order valence-electron chi connectivity index (χ3n) is 3.63. The average Bonchev–Trinajstić information content (AvgIpc) is 2.60. The number of aromatic carboxylic acids is 1. The Bertz CT molecular complexity index is 935. The number of nitrogens with zero attached hydrogens (tertiary/aromatic N) is 2. The van der Waals surface area contributed by atoms with Gasteiger partial charge in [-0.1, -0.05) is 60.7 Å². The number of aromatic nitrogens is 2. The SMILES string of the molecule is Nc1c(C(=O)O)c(-c2ccccc2)nn(Cc2ccccc2)c1=O. The standard InChI is InChI=1S/C18H15N3O3/c19-15-14(18(23)24)16(13-9-5-2-6-10-13)20-21(17(15)22)11-12-7-3-1-4-8-12/h1-10H,11,19H2,(H,23,24). The topological polar surface area (TPSA) is 98.2 Å². The van der Waals surface area contributed by atoms with E-state index in [-0.39, 0.29) is 23.5 Å². The molecule has 0 radical (unpaired) electrons. The molecule has 1 aromatic heterocycles. The van der Waals surface area contributed by atoms with Crippen molar-refractivity contribution in [3.63, 3.8) is 0 Å². The molecule has 120 valence electrons. The van der Waals surface area contributed by atoms with Crippen LogP contribution < -0.4 is 11.3 Å². The molecule has 0 unspecified atom stereocenters. The maximum Gasteiger partial charge on any atom is 0.340 e. The van der Waals surface area contributed by atoms with Crippen molar-refractivity contribution in [2.75, 3.05) is 5.73 Å². The van der Waals surface area contributed by atoms with Crippen LogP contribution in [0.4, 0.5) is 5.69 Å². The largest absolute Gasteiger partial charge is 0.478 e. The van der Waals surface area contributed by atoms with Crippen LogP contribution in [0, 0.1) is 0 Å². The Labute approximate surface area is 137 Å². The molecular formula is C18H15N3O3. The molecule has 0 spiro atoms. The minimum Gasteiger partial charge on any atom is -0.478 e. The van der Waals surface area contributed by atoms with Gasteiger partial charge in [0.25, 0.3) is 5.56 Å². The zero-order valence-corrected chi connectivity index (χ0v) is 12.7. The van der Waals surface area contributed by atoms with E-state index in [4.69, 9.17) is 5.73 Å². The molecule has 0 atom stereocenters. The van der Waals surface area contributed by atoms with Gasteiger partial charge in [0.15, 0.2) is 0 Å². The Morgan fingerprint density at radius 3 is 2.21 bits per heavy atom. The summed E-state index contributed by atoms with van der Waals surface area (Å²) in [6, 6.07) is 18.1. The van der Waals surface area contributed by atoms with Crippen molar-refractivity contribution >= 4 is 11.7 Å². The van der Waals surface area contributed by atoms with Gasteiger partial charge in [-0.05, 0) is 5.56 Å². The van der Waals surface area contributed by atoms with Gasteiger partial charge in [-0.3, -0.25) is 4.79 Å². The smallest absolute Gasteiger partial charge is 0.340 e. The maximum atomic E-state index is 12.4. The fraction of sp³-hybridized carbons (Fsp3) is 0.0556. The molecule has 0 aliphatic carbocycles. The van der Waals surface area contributed by atoms with E-state index in [1.807, 2.05) is 36.4 Å². The van der Waals surface area contributed by atoms with E-state index in [1.54, 1.807) is 24.3 Å². The molecule has 0 saturated heterocycles. The lowest BCUT2D eigenvalue weighted by molar-refractivity contribution is 0.0698. The van der Waals surface area contributed by atoms with E-state index in [2.05, 4.69) is 5.10 Å². The van der Waals surface area contributed by atoms with Gasteiger partial charge in [-0.15, -0.1) is 0 Å². The first-order chi connectivity index (χ1) is 11.6. The van der Waals surface area contributed by atoms with Crippen molar-refractivity contribution in [2.24, 2.45) is 0 Å². The third kappa shape index (κ3) is 2.89. The van der Waals surface area contributed by atoms with E-state index in [0.717, 1.165) is 5.56 Å². The van der Waals surface area contributed by atoms with Crippen LogP contribution in [-0.4, -0.2) is 20.9 Å². The quantitative estimate of drug-likeness (QED) is 0.768. The molecule has 0 saturated carbocycles. The first kappa shape index (κ1) is 15.5. The number of hydrogen-bond acceptors (Lipinski definition) is 4. The average molecular weight is 321 g/mol. The molecule has 3 rings (SSSR count). The first-order valence-corrected chi connectivity index (χ1v) is 7.31. The molecule has 0 bridgehead atoms. The molecular weight excluding hydrogens is 306 g/mol. The lowest BCUT2D eigenvalue weighted by atomic mass is 10.1. The lowest BCUT2D eigenvalue weighted by Gasteiger charge is -2.12. The predicted molar refractivity (Wildman–Crippen MR) is 90.8 cm³/mol. The number of rotatable bonds is 4. The van der Waals surface area contributed by atoms with Gasteiger partial charge < -0.3 is 10.8 Å². The van der Waals surface area contributed by atoms with Crippen LogP contribution >= 0.6 is 0 Å². The van der Waals surface area contributed by atoms with Crippen molar-refractivity contribution in [3.05, 3.63) is 82.1 Å². The van der Waals surface area contributed by atoms with Crippen molar-refractivity contribution < 1.29 is 9.90 Å². The van der Waals surface area contributed by atoms with Gasteiger partial charge in [-0.25, -0.2) is 9.48 Å². The van der Waals surface area contributed by atoms with Crippen molar-refractivity contribution in [2.45, 2.75) is 6.54 Å². The summed E-state index contributed by atoms with van der Waals surface area (Å²) in [4.78, 5) is 24.0. The Morgan fingerprint density at radius 1 is 1.04 bits per heavy atom. The molecule has 0 fully saturated rings. The second-order valence-electron chi connectivity index (χ2n) is 5.26. The van der Waals surface area contributed by atoms with E-state index in [9.17, 15) is 14.7 Å². The van der Waals surface area contributed by atoms with Crippen LogP contribution in [0.5, 0.6) is 0 Å². The van der Waals surface area contributed by atoms with Gasteiger partial charge >= 0.3 is 5.97 Å². The number of carboxylic acids is 1. The monoisotopic (exact) mass is 321 g/mol. The Morgan fingerprint density at radius 2 is 1.62 bits per heavy atom. The van der Waals surface area contributed by atoms with E-state index >= 15 is 0 Å². The number of nitrogen functional groups attached to an aromatic ring is 1. The second kappa shape index (κ2) is 6.37. The van der Waals surface area contributed by atoms with Gasteiger partial charge in [0.1, 0.15) is 16.9 Å². The second-order valence-corrected chi connectivity index (χ2v) is 5.26. The molecule has 24 heavy (non-hydrogen) atoms. The van der Waals surface area contributed by atoms with Gasteiger partial charge in [0, 0.05) is 5.56 Å². The molecule has 2 aromatic carbocycles. The van der Waals surface area contributed by atoms with Crippen molar-refractivity contribution in [1.82, 2.24) is 9.78 Å². The summed E-state index contributed by atoms with van der Waals surface area (Å²) in [5.41, 5.74) is 6.26. The number of nitrogens with two attached hydrogens (primary N) is 1. The normalized spacial score (nSPS) is 10.5. The van der Waals surface area contributed by atoms with Crippen molar-refractivity contribution in [3.8, 4) is 11.3 Å². The van der Waals surface area contributed by atoms with Gasteiger partial charge in [0.05, 0.1) is 6.54 Å². The number of anilines is 1. The van der Waals surface area contributed by atoms with E-state index in [0.29, 0.717) is 5.56 Å². The Hall–Kier alpha value is -3.41. The van der Waals surface area contributed by atoms with Crippen LogP contribution in [-0.2, 0) is 6.54 Å². The summed E-state index contributed by atoms with van der Waals surface area (Å²) in [6.45, 7) is 0.212. The molecule has 6 nitrogen and oxygen atoms in total. The highest BCUT2D eigenvalue weighted by atomic mass is 16.4. The molecule has 3 N–H and O–H groups in total. The zero-order chi connectivity index (χ0) is 17.1.